The first-order chi connectivity index (χ1) is 16.8. The zero-order chi connectivity index (χ0) is 25.1. The van der Waals surface area contributed by atoms with Gasteiger partial charge in [0.25, 0.3) is 5.69 Å². The Balaban J connectivity index is 1.58. The number of para-hydroxylation sites is 1. The number of fused-ring (bicyclic) bond motifs is 1. The number of aryl methyl sites for hydroxylation is 2. The lowest BCUT2D eigenvalue weighted by molar-refractivity contribution is -0.384. The number of allylic oxidation sites excluding steroid dienone is 1. The summed E-state index contributed by atoms with van der Waals surface area (Å²) in [6.45, 7) is 3.49. The highest BCUT2D eigenvalue weighted by molar-refractivity contribution is 5.74. The Morgan fingerprint density at radius 3 is 2.54 bits per heavy atom. The molecule has 1 atom stereocenters. The number of ether oxygens (including phenoxy) is 3. The maximum absolute atomic E-state index is 12.4. The Morgan fingerprint density at radius 2 is 1.86 bits per heavy atom. The largest absolute Gasteiger partial charge is 0.481 e. The number of carbonyl (C=O) groups is 1. The smallest absolute Gasteiger partial charge is 0.349 e. The van der Waals surface area contributed by atoms with Crippen LogP contribution < -0.4 is 19.9 Å². The number of nitriles is 1. The maximum Gasteiger partial charge on any atom is 0.349 e. The summed E-state index contributed by atoms with van der Waals surface area (Å²) in [5.74, 6) is -0.317. The first-order valence-corrected chi connectivity index (χ1v) is 10.6. The topological polar surface area (TPSA) is 138 Å². The summed E-state index contributed by atoms with van der Waals surface area (Å²) in [6.07, 6.45) is 0. The molecule has 1 heterocycles. The number of rotatable bonds is 6. The van der Waals surface area contributed by atoms with Gasteiger partial charge in [-0.25, -0.2) is 4.79 Å². The van der Waals surface area contributed by atoms with Crippen LogP contribution in [0.5, 0.6) is 17.2 Å². The van der Waals surface area contributed by atoms with Crippen LogP contribution in [0.2, 0.25) is 0 Å². The molecule has 3 aromatic rings. The number of hydrogen-bond donors (Lipinski definition) is 1. The highest BCUT2D eigenvalue weighted by Gasteiger charge is 2.32. The molecular formula is C26H21N3O6. The van der Waals surface area contributed by atoms with E-state index in [0.29, 0.717) is 16.9 Å². The van der Waals surface area contributed by atoms with Gasteiger partial charge in [-0.1, -0.05) is 36.4 Å². The van der Waals surface area contributed by atoms with Crippen molar-refractivity contribution >= 4 is 11.7 Å². The van der Waals surface area contributed by atoms with Crippen molar-refractivity contribution in [3.05, 3.63) is 104 Å². The summed E-state index contributed by atoms with van der Waals surface area (Å²) >= 11 is 0. The third-order valence-electron chi connectivity index (χ3n) is 5.58. The molecule has 2 N–H and O–H groups in total. The first kappa shape index (κ1) is 23.3. The van der Waals surface area contributed by atoms with Crippen LogP contribution in [-0.4, -0.2) is 17.5 Å². The van der Waals surface area contributed by atoms with Gasteiger partial charge in [0.05, 0.1) is 10.8 Å². The Kier molecular flexibility index (Phi) is 6.38. The Labute approximate surface area is 201 Å². The van der Waals surface area contributed by atoms with E-state index in [0.717, 1.165) is 11.1 Å². The lowest BCUT2D eigenvalue weighted by Gasteiger charge is -2.26. The number of non-ortho nitro benzene ring substituents is 1. The molecule has 35 heavy (non-hydrogen) atoms. The molecule has 0 saturated heterocycles. The normalized spacial score (nSPS) is 14.4. The number of nitrogens with zero attached hydrogens (tertiary/aromatic N) is 2. The molecule has 4 rings (SSSR count). The van der Waals surface area contributed by atoms with E-state index >= 15 is 0 Å². The fraction of sp³-hybridized carbons (Fsp3) is 0.154. The first-order valence-electron chi connectivity index (χ1n) is 10.6. The van der Waals surface area contributed by atoms with Gasteiger partial charge in [-0.15, -0.1) is 0 Å². The molecule has 1 aliphatic rings. The van der Waals surface area contributed by atoms with Gasteiger partial charge < -0.3 is 19.9 Å². The minimum Gasteiger partial charge on any atom is -0.481 e. The summed E-state index contributed by atoms with van der Waals surface area (Å²) < 4.78 is 16.7. The number of benzene rings is 3. The Morgan fingerprint density at radius 1 is 1.14 bits per heavy atom. The van der Waals surface area contributed by atoms with Crippen molar-refractivity contribution in [1.29, 1.82) is 5.26 Å². The van der Waals surface area contributed by atoms with Crippen molar-refractivity contribution in [3.63, 3.8) is 0 Å². The van der Waals surface area contributed by atoms with Gasteiger partial charge in [-0.2, -0.15) is 5.26 Å². The second kappa shape index (κ2) is 9.57. The molecule has 1 unspecified atom stereocenters. The number of hydrogen-bond acceptors (Lipinski definition) is 8. The molecule has 3 aromatic carbocycles. The second-order valence-electron chi connectivity index (χ2n) is 7.96. The van der Waals surface area contributed by atoms with Gasteiger partial charge in [0.1, 0.15) is 28.9 Å². The minimum absolute atomic E-state index is 0.110. The maximum atomic E-state index is 12.4. The minimum atomic E-state index is -0.680. The van der Waals surface area contributed by atoms with E-state index in [2.05, 4.69) is 0 Å². The number of nitro benzene ring substituents is 1. The number of carbonyl (C=O) groups excluding carboxylic acids is 1. The van der Waals surface area contributed by atoms with Crippen LogP contribution in [-0.2, 0) is 4.79 Å². The van der Waals surface area contributed by atoms with Gasteiger partial charge >= 0.3 is 5.97 Å². The third-order valence-corrected chi connectivity index (χ3v) is 5.58. The molecule has 0 amide bonds. The zero-order valence-corrected chi connectivity index (χ0v) is 19.0. The van der Waals surface area contributed by atoms with Crippen LogP contribution in [0.4, 0.5) is 5.69 Å². The number of nitro groups is 1. The molecule has 0 spiro atoms. The van der Waals surface area contributed by atoms with Crippen LogP contribution in [0.1, 0.15) is 28.2 Å². The van der Waals surface area contributed by atoms with Crippen molar-refractivity contribution in [1.82, 2.24) is 0 Å². The lowest BCUT2D eigenvalue weighted by Crippen LogP contribution is -2.22. The molecular weight excluding hydrogens is 450 g/mol. The van der Waals surface area contributed by atoms with Crippen molar-refractivity contribution < 1.29 is 23.9 Å². The third kappa shape index (κ3) is 4.77. The predicted octanol–water partition coefficient (Wildman–Crippen LogP) is 4.41. The highest BCUT2D eigenvalue weighted by atomic mass is 16.6. The monoisotopic (exact) mass is 471 g/mol. The standard InChI is InChI=1S/C26H21N3O6/c1-15-5-3-6-16(2)25(15)33-14-23(30)34-19-9-10-20-22(12-19)35-26(28)21(13-27)24(20)17-7-4-8-18(11-17)29(31)32/h3-12,24H,14,28H2,1-2H3. The quantitative estimate of drug-likeness (QED) is 0.241. The van der Waals surface area contributed by atoms with Gasteiger partial charge in [0.2, 0.25) is 5.88 Å². The molecule has 176 valence electrons. The Bertz CT molecular complexity index is 1390. The van der Waals surface area contributed by atoms with E-state index in [1.807, 2.05) is 38.1 Å². The predicted molar refractivity (Wildman–Crippen MR) is 126 cm³/mol. The van der Waals surface area contributed by atoms with Crippen LogP contribution in [0.25, 0.3) is 0 Å². The second-order valence-corrected chi connectivity index (χ2v) is 7.96. The molecule has 0 bridgehead atoms. The molecule has 0 aromatic heterocycles. The van der Waals surface area contributed by atoms with E-state index in [9.17, 15) is 20.2 Å². The van der Waals surface area contributed by atoms with E-state index in [1.165, 1.54) is 18.2 Å². The van der Waals surface area contributed by atoms with Gasteiger partial charge in [-0.05, 0) is 36.6 Å². The Hall–Kier alpha value is -4.84. The van der Waals surface area contributed by atoms with Crippen LogP contribution >= 0.6 is 0 Å². The van der Waals surface area contributed by atoms with E-state index in [-0.39, 0.29) is 35.2 Å². The van der Waals surface area contributed by atoms with Crippen molar-refractivity contribution in [2.45, 2.75) is 19.8 Å². The van der Waals surface area contributed by atoms with E-state index in [4.69, 9.17) is 19.9 Å². The average molecular weight is 471 g/mol. The molecule has 9 nitrogen and oxygen atoms in total. The van der Waals surface area contributed by atoms with Crippen LogP contribution in [0.15, 0.2) is 72.1 Å². The van der Waals surface area contributed by atoms with E-state index in [1.54, 1.807) is 24.3 Å². The highest BCUT2D eigenvalue weighted by Crippen LogP contribution is 2.44. The number of nitrogens with two attached hydrogens (primary N) is 1. The molecule has 0 radical (unpaired) electrons. The summed E-state index contributed by atoms with van der Waals surface area (Å²) in [7, 11) is 0. The summed E-state index contributed by atoms with van der Waals surface area (Å²) in [5, 5.41) is 20.9. The lowest BCUT2D eigenvalue weighted by atomic mass is 9.83. The summed E-state index contributed by atoms with van der Waals surface area (Å²) in [4.78, 5) is 23.1. The molecule has 0 aliphatic carbocycles. The van der Waals surface area contributed by atoms with Gasteiger partial charge in [0.15, 0.2) is 6.61 Å². The SMILES string of the molecule is Cc1cccc(C)c1OCC(=O)Oc1ccc2c(c1)OC(N)=C(C#N)C2c1cccc([N+](=O)[O-])c1. The average Bonchev–Trinajstić information content (AvgIpc) is 2.82. The fourth-order valence-corrected chi connectivity index (χ4v) is 3.98. The van der Waals surface area contributed by atoms with Crippen LogP contribution in [0.3, 0.4) is 0 Å². The van der Waals surface area contributed by atoms with E-state index < -0.39 is 16.8 Å². The summed E-state index contributed by atoms with van der Waals surface area (Å²) in [6, 6.07) is 18.4. The fourth-order valence-electron chi connectivity index (χ4n) is 3.98. The molecule has 9 heteroatoms. The van der Waals surface area contributed by atoms with Crippen molar-refractivity contribution in [2.24, 2.45) is 5.73 Å². The van der Waals surface area contributed by atoms with Crippen LogP contribution in [0, 0.1) is 35.3 Å². The molecule has 0 saturated carbocycles. The van der Waals surface area contributed by atoms with Crippen molar-refractivity contribution in [3.8, 4) is 23.3 Å². The zero-order valence-electron chi connectivity index (χ0n) is 19.0. The number of esters is 1. The molecule has 0 fully saturated rings. The molecule has 1 aliphatic heterocycles. The van der Waals surface area contributed by atoms with Gasteiger partial charge in [-0.3, -0.25) is 10.1 Å². The summed E-state index contributed by atoms with van der Waals surface area (Å²) in [5.41, 5.74) is 8.89. The van der Waals surface area contributed by atoms with Gasteiger partial charge in [0, 0.05) is 23.8 Å². The van der Waals surface area contributed by atoms with Crippen molar-refractivity contribution in [2.75, 3.05) is 6.61 Å².